The molecule has 15 heteroatoms. The fraction of sp³-hybridized carbons (Fsp3) is 0.823. The molecule has 1 aliphatic heterocycles. The maximum atomic E-state index is 15.6. The van der Waals surface area contributed by atoms with Crippen molar-refractivity contribution >= 4 is 33.3 Å². The van der Waals surface area contributed by atoms with E-state index in [9.17, 15) is 25.5 Å². The zero-order valence-electron chi connectivity index (χ0n) is 46.7. The molecule has 0 unspecified atom stereocenters. The second kappa shape index (κ2) is 19.4. The zero-order valence-corrected chi connectivity index (χ0v) is 48.3. The Morgan fingerprint density at radius 2 is 1.78 bits per heavy atom. The number of ketones is 1. The maximum Gasteiger partial charge on any atom is 0.190 e. The van der Waals surface area contributed by atoms with Gasteiger partial charge in [0.1, 0.15) is 6.23 Å². The van der Waals surface area contributed by atoms with Gasteiger partial charge in [-0.2, -0.15) is 0 Å². The molecule has 13 nitrogen and oxygen atoms in total. The second-order valence-electron chi connectivity index (χ2n) is 28.8. The fourth-order valence-electron chi connectivity index (χ4n) is 22.8. The Morgan fingerprint density at radius 1 is 0.974 bits per heavy atom. The zero-order chi connectivity index (χ0) is 53.8. The highest BCUT2D eigenvalue weighted by molar-refractivity contribution is 8.77. The van der Waals surface area contributed by atoms with Crippen LogP contribution in [0.1, 0.15) is 156 Å². The average molecular weight is 1100 g/mol. The number of hydrogen-bond acceptors (Lipinski definition) is 12. The number of rotatable bonds is 7. The highest BCUT2D eigenvalue weighted by Crippen LogP contribution is 2.78. The van der Waals surface area contributed by atoms with E-state index in [-0.39, 0.29) is 72.4 Å². The number of nitrogens with two attached hydrogens (primary N) is 1. The number of hydrogen-bond donors (Lipinski definition) is 9. The van der Waals surface area contributed by atoms with Crippen molar-refractivity contribution in [3.05, 3.63) is 52.7 Å². The van der Waals surface area contributed by atoms with Crippen LogP contribution in [-0.4, -0.2) is 119 Å². The molecule has 1 aromatic rings. The normalized spacial score (nSPS) is 48.0. The number of aliphatic hydroxyl groups excluding tert-OH is 5. The summed E-state index contributed by atoms with van der Waals surface area (Å²) in [6.45, 7) is 8.98. The highest BCUT2D eigenvalue weighted by Gasteiger charge is 2.78. The van der Waals surface area contributed by atoms with Crippen molar-refractivity contribution in [2.75, 3.05) is 32.5 Å². The molecule has 2 heterocycles. The van der Waals surface area contributed by atoms with Crippen molar-refractivity contribution in [1.29, 1.82) is 0 Å². The molecule has 77 heavy (non-hydrogen) atoms. The van der Waals surface area contributed by atoms with Gasteiger partial charge >= 0.3 is 0 Å². The molecule has 9 fully saturated rings. The van der Waals surface area contributed by atoms with Crippen molar-refractivity contribution in [2.45, 2.75) is 191 Å². The van der Waals surface area contributed by atoms with E-state index in [1.165, 1.54) is 44.1 Å². The molecule has 6 bridgehead atoms. The number of imidazole rings is 1. The molecule has 424 valence electrons. The van der Waals surface area contributed by atoms with Crippen LogP contribution in [0.25, 0.3) is 0 Å². The molecular formula is C62H92N6O7S2. The summed E-state index contributed by atoms with van der Waals surface area (Å²) in [6.07, 6.45) is 23.2. The van der Waals surface area contributed by atoms with E-state index in [1.54, 1.807) is 29.7 Å². The molecule has 10 N–H and O–H groups in total. The lowest BCUT2D eigenvalue weighted by Crippen LogP contribution is -2.69. The van der Waals surface area contributed by atoms with Gasteiger partial charge in [0.15, 0.2) is 11.7 Å². The summed E-state index contributed by atoms with van der Waals surface area (Å²) in [5, 5.41) is 82.8. The van der Waals surface area contributed by atoms with Crippen LogP contribution < -0.4 is 16.4 Å². The van der Waals surface area contributed by atoms with Crippen molar-refractivity contribution in [3.8, 4) is 0 Å². The predicted octanol–water partition coefficient (Wildman–Crippen LogP) is 7.88. The number of nitrogens with zero attached hydrogens (tertiary/aromatic N) is 3. The summed E-state index contributed by atoms with van der Waals surface area (Å²) in [7, 11) is 5.73. The van der Waals surface area contributed by atoms with Gasteiger partial charge in [-0.1, -0.05) is 83.9 Å². The second-order valence-corrected chi connectivity index (χ2v) is 31.6. The van der Waals surface area contributed by atoms with E-state index in [0.29, 0.717) is 48.1 Å². The molecule has 0 radical (unpaired) electrons. The van der Waals surface area contributed by atoms with E-state index in [1.807, 2.05) is 41.2 Å². The van der Waals surface area contributed by atoms with Crippen LogP contribution in [0.15, 0.2) is 57.7 Å². The van der Waals surface area contributed by atoms with Crippen molar-refractivity contribution < 1.29 is 35.4 Å². The summed E-state index contributed by atoms with van der Waals surface area (Å²) in [5.41, 5.74) is 10.1. The predicted molar refractivity (Wildman–Crippen MR) is 303 cm³/mol. The molecule has 21 atom stereocenters. The molecule has 1 aromatic heterocycles. The smallest absolute Gasteiger partial charge is 0.190 e. The van der Waals surface area contributed by atoms with Crippen LogP contribution in [0.4, 0.5) is 0 Å². The van der Waals surface area contributed by atoms with E-state index in [0.717, 1.165) is 75.9 Å². The Morgan fingerprint density at radius 3 is 2.52 bits per heavy atom. The first kappa shape index (κ1) is 54.1. The summed E-state index contributed by atoms with van der Waals surface area (Å²) < 4.78 is 1.95. The molecule has 11 aliphatic carbocycles. The maximum absolute atomic E-state index is 15.6. The number of aliphatic hydroxyl groups is 6. The number of allylic oxidation sites excluding steroid dienone is 3. The number of fused-ring (bicyclic) bond motifs is 15. The van der Waals surface area contributed by atoms with Gasteiger partial charge in [0.2, 0.25) is 0 Å². The Bertz CT molecular complexity index is 2600. The molecule has 8 saturated carbocycles. The Kier molecular flexibility index (Phi) is 13.7. The summed E-state index contributed by atoms with van der Waals surface area (Å²) >= 11 is 0. The lowest BCUT2D eigenvalue weighted by Gasteiger charge is -2.66. The van der Waals surface area contributed by atoms with Crippen LogP contribution in [0.3, 0.4) is 0 Å². The third kappa shape index (κ3) is 7.80. The molecule has 0 aromatic carbocycles. The third-order valence-corrected chi connectivity index (χ3v) is 28.3. The van der Waals surface area contributed by atoms with Gasteiger partial charge in [-0.3, -0.25) is 9.79 Å². The number of guanidine groups is 1. The van der Waals surface area contributed by atoms with Gasteiger partial charge in [-0.05, 0) is 186 Å². The third-order valence-electron chi connectivity index (χ3n) is 24.9. The van der Waals surface area contributed by atoms with E-state index < -0.39 is 63.5 Å². The number of aromatic nitrogens is 2. The van der Waals surface area contributed by atoms with Crippen LogP contribution in [-0.2, 0) is 4.79 Å². The Labute approximate surface area is 465 Å². The molecule has 2 spiro atoms. The minimum absolute atomic E-state index is 0.0908. The molecule has 13 rings (SSSR count). The molecular weight excluding hydrogens is 1000 g/mol. The molecule has 1 saturated heterocycles. The molecule has 12 aliphatic rings. The first-order chi connectivity index (χ1) is 36.9. The van der Waals surface area contributed by atoms with Crippen molar-refractivity contribution in [2.24, 2.45) is 103 Å². The van der Waals surface area contributed by atoms with Crippen LogP contribution >= 0.6 is 21.6 Å². The largest absolute Gasteiger partial charge is 0.396 e. The Balaban J connectivity index is 1.04. The average Bonchev–Trinajstić information content (AvgIpc) is 3.42. The number of nitrogens with one attached hydrogen (secondary N) is 2. The van der Waals surface area contributed by atoms with E-state index >= 15 is 9.90 Å². The lowest BCUT2D eigenvalue weighted by atomic mass is 9.40. The van der Waals surface area contributed by atoms with Gasteiger partial charge in [-0.25, -0.2) is 4.98 Å². The van der Waals surface area contributed by atoms with Crippen molar-refractivity contribution in [1.82, 2.24) is 20.2 Å². The van der Waals surface area contributed by atoms with Gasteiger partial charge in [0, 0.05) is 77.0 Å². The standard InChI is InChI=1S/C62H92N6O7S2/c1-33(70)67-56(63)66-28-36-25-60(31-69)43-23-47(62(60,75)44-22-45(71)52-42(29-64-5)54(73)46(72)27-58(52,4)50(36)44)61(16-6-7-17-61)77-76-30-38(68-19-18-65-32-68)26-57(2,3)53-41-20-34-13-14-37-11-9-15-59(37,24-34)51(41)39-12-8-10-35-21-40(43)55(74)49(53)48(35)39/h18-19,22,32-38,40,42-43,46-47,49-52,54-55,64,69-70,72-75H,6-17,20-21,23-31H2,1-5H3,(H3,63,66,67)/t33-,34+,35+,36+,37-,38-,40+,42-,43-,46+,47+,49-,50+,51-,52+,54-,55+,58-,59-,60+,62+/m1/s1. The number of aliphatic imine (C=N–C) groups is 1. The first-order valence-corrected chi connectivity index (χ1v) is 32.9. The van der Waals surface area contributed by atoms with Gasteiger partial charge in [-0.15, -0.1) is 0 Å². The summed E-state index contributed by atoms with van der Waals surface area (Å²) in [4.78, 5) is 25.2. The number of carbonyl (C=O) groups excluding carboxylic acids is 1. The lowest BCUT2D eigenvalue weighted by molar-refractivity contribution is -0.197. The van der Waals surface area contributed by atoms with Crippen LogP contribution in [0.5, 0.6) is 0 Å². The molecule has 0 amide bonds. The number of carbonyl (C=O) groups is 1. The van der Waals surface area contributed by atoms with Gasteiger partial charge in [0.05, 0.1) is 36.8 Å². The summed E-state index contributed by atoms with van der Waals surface area (Å²) in [5.74, 6) is -0.0730. The van der Waals surface area contributed by atoms with Gasteiger partial charge < -0.3 is 51.6 Å². The van der Waals surface area contributed by atoms with Gasteiger partial charge in [0.25, 0.3) is 0 Å². The first-order valence-electron chi connectivity index (χ1n) is 30.6. The summed E-state index contributed by atoms with van der Waals surface area (Å²) in [6, 6.07) is 0.133. The van der Waals surface area contributed by atoms with Crippen LogP contribution in [0, 0.1) is 92.7 Å². The quantitative estimate of drug-likeness (QED) is 0.0418. The van der Waals surface area contributed by atoms with Crippen LogP contribution in [0.2, 0.25) is 0 Å². The van der Waals surface area contributed by atoms with Crippen molar-refractivity contribution in [3.63, 3.8) is 0 Å². The minimum Gasteiger partial charge on any atom is -0.396 e. The monoisotopic (exact) mass is 1100 g/mol. The fourth-order valence-corrected chi connectivity index (χ4v) is 26.6. The Hall–Kier alpha value is -2.21. The minimum atomic E-state index is -1.66. The van der Waals surface area contributed by atoms with E-state index in [2.05, 4.69) is 47.2 Å². The SMILES string of the molecule is CNC[C@H]1[C@@H](O)[C@@H](O)C[C@]2(C)[C@@H]3C(=CC(=O)[C@H]12)[C@]1(O)[C@H]2C[C@H]([C@@H]4C[C@@H]5CCCC6=C5[C@H](C(=C5C[C@@H]7CC[C@H]8CCC[C@]8(C7)[C@H]65)C(C)(C)C[C@@H](n5ccnc5)CSSC25CCCC5)[C@H]4O)[C@@]1(CO)C[C@H]3CN=C(N)N[C@@H](C)O. The van der Waals surface area contributed by atoms with E-state index in [4.69, 9.17) is 10.7 Å². The topological polar surface area (TPSA) is 219 Å². The highest BCUT2D eigenvalue weighted by atomic mass is 33.1.